The summed E-state index contributed by atoms with van der Waals surface area (Å²) < 4.78 is 24.0. The second-order valence-electron chi connectivity index (χ2n) is 12.0. The van der Waals surface area contributed by atoms with Crippen molar-refractivity contribution in [2.24, 2.45) is 5.92 Å². The molecule has 0 aliphatic carbocycles. The number of hydrogen-bond acceptors (Lipinski definition) is 6. The zero-order chi connectivity index (χ0) is 28.3. The summed E-state index contributed by atoms with van der Waals surface area (Å²) >= 11 is 0. The Labute approximate surface area is 229 Å². The van der Waals surface area contributed by atoms with E-state index in [0.717, 1.165) is 16.9 Å². The van der Waals surface area contributed by atoms with E-state index in [9.17, 15) is 4.79 Å². The monoisotopic (exact) mass is 525 g/mol. The molecule has 210 valence electrons. The SMILES string of the molecule is CCOC(=O)[C@H]1N[C@@H](c2ccccc2C(C)C)[C@@H](OCc2cc(C(C)(C)C)ccc2OC)[C@@H]1C(C)(C)OC. The standard InChI is InChI=1S/C32H47NO5/c1-11-37-30(34)28-26(32(7,8)36-10)29(27(33-28)24-15-13-12-14-23(24)20(2)3)38-19-21-18-22(31(4,5)6)16-17-25(21)35-9/h12-18,20,26-29,33H,11,19H2,1-10H3/t26-,27+,28+,29+/m1/s1. The molecule has 0 amide bonds. The summed E-state index contributed by atoms with van der Waals surface area (Å²) in [6, 6.07) is 13.9. The first-order valence-electron chi connectivity index (χ1n) is 13.7. The van der Waals surface area contributed by atoms with Gasteiger partial charge in [0.2, 0.25) is 0 Å². The molecule has 1 aliphatic heterocycles. The summed E-state index contributed by atoms with van der Waals surface area (Å²) in [5, 5.41) is 3.62. The van der Waals surface area contributed by atoms with Crippen molar-refractivity contribution in [2.75, 3.05) is 20.8 Å². The Balaban J connectivity index is 2.10. The van der Waals surface area contributed by atoms with E-state index in [1.807, 2.05) is 32.9 Å². The van der Waals surface area contributed by atoms with Crippen molar-refractivity contribution in [2.45, 2.75) is 97.1 Å². The number of carbonyl (C=O) groups excluding carboxylic acids is 1. The maximum absolute atomic E-state index is 13.3. The largest absolute Gasteiger partial charge is 0.496 e. The Morgan fingerprint density at radius 2 is 1.71 bits per heavy atom. The average molecular weight is 526 g/mol. The third kappa shape index (κ3) is 6.41. The van der Waals surface area contributed by atoms with E-state index in [2.05, 4.69) is 70.3 Å². The minimum Gasteiger partial charge on any atom is -0.496 e. The van der Waals surface area contributed by atoms with E-state index in [4.69, 9.17) is 18.9 Å². The highest BCUT2D eigenvalue weighted by atomic mass is 16.5. The van der Waals surface area contributed by atoms with Gasteiger partial charge < -0.3 is 18.9 Å². The molecule has 1 heterocycles. The van der Waals surface area contributed by atoms with Crippen molar-refractivity contribution in [1.82, 2.24) is 5.32 Å². The summed E-state index contributed by atoms with van der Waals surface area (Å²) in [6.45, 7) is 17.5. The van der Waals surface area contributed by atoms with Crippen LogP contribution in [-0.4, -0.2) is 44.5 Å². The Morgan fingerprint density at radius 1 is 1.03 bits per heavy atom. The molecule has 1 saturated heterocycles. The third-order valence-electron chi connectivity index (χ3n) is 7.80. The average Bonchev–Trinajstić information content (AvgIpc) is 3.27. The van der Waals surface area contributed by atoms with Crippen molar-refractivity contribution < 1.29 is 23.7 Å². The van der Waals surface area contributed by atoms with Crippen LogP contribution >= 0.6 is 0 Å². The van der Waals surface area contributed by atoms with Gasteiger partial charge in [-0.2, -0.15) is 0 Å². The van der Waals surface area contributed by atoms with E-state index in [-0.39, 0.29) is 29.4 Å². The van der Waals surface area contributed by atoms with Crippen LogP contribution in [0.2, 0.25) is 0 Å². The van der Waals surface area contributed by atoms with Gasteiger partial charge in [-0.3, -0.25) is 10.1 Å². The second kappa shape index (κ2) is 12.2. The summed E-state index contributed by atoms with van der Waals surface area (Å²) in [7, 11) is 3.37. The van der Waals surface area contributed by atoms with Crippen LogP contribution in [0.1, 0.15) is 89.6 Å². The van der Waals surface area contributed by atoms with Gasteiger partial charge in [0.25, 0.3) is 0 Å². The molecule has 1 aliphatic rings. The summed E-state index contributed by atoms with van der Waals surface area (Å²) in [4.78, 5) is 13.3. The van der Waals surface area contributed by atoms with Crippen molar-refractivity contribution in [3.63, 3.8) is 0 Å². The van der Waals surface area contributed by atoms with E-state index in [0.29, 0.717) is 19.1 Å². The van der Waals surface area contributed by atoms with Gasteiger partial charge in [0.05, 0.1) is 38.1 Å². The van der Waals surface area contributed by atoms with Gasteiger partial charge in [0.1, 0.15) is 11.8 Å². The lowest BCUT2D eigenvalue weighted by molar-refractivity contribution is -0.153. The van der Waals surface area contributed by atoms with Gasteiger partial charge in [-0.1, -0.05) is 65.0 Å². The van der Waals surface area contributed by atoms with Crippen LogP contribution in [0, 0.1) is 5.92 Å². The molecule has 0 unspecified atom stereocenters. The first kappa shape index (κ1) is 30.1. The number of nitrogens with one attached hydrogen (secondary N) is 1. The predicted octanol–water partition coefficient (Wildman–Crippen LogP) is 6.32. The fourth-order valence-electron chi connectivity index (χ4n) is 5.50. The number of carbonyl (C=O) groups is 1. The molecule has 6 nitrogen and oxygen atoms in total. The second-order valence-corrected chi connectivity index (χ2v) is 12.0. The molecule has 38 heavy (non-hydrogen) atoms. The number of esters is 1. The molecule has 2 aromatic rings. The van der Waals surface area contributed by atoms with Crippen molar-refractivity contribution in [3.8, 4) is 5.75 Å². The maximum atomic E-state index is 13.3. The topological polar surface area (TPSA) is 66.0 Å². The lowest BCUT2D eigenvalue weighted by Gasteiger charge is -2.37. The Hall–Kier alpha value is -2.41. The van der Waals surface area contributed by atoms with E-state index < -0.39 is 11.6 Å². The number of hydrogen-bond donors (Lipinski definition) is 1. The molecule has 1 fully saturated rings. The molecule has 1 N–H and O–H groups in total. The van der Waals surface area contributed by atoms with Crippen molar-refractivity contribution in [3.05, 3.63) is 64.7 Å². The molecule has 2 aromatic carbocycles. The number of methoxy groups -OCH3 is 2. The predicted molar refractivity (Wildman–Crippen MR) is 152 cm³/mol. The molecular weight excluding hydrogens is 478 g/mol. The number of rotatable bonds is 10. The lowest BCUT2D eigenvalue weighted by Crippen LogP contribution is -2.49. The van der Waals surface area contributed by atoms with Crippen LogP contribution in [-0.2, 0) is 31.0 Å². The fourth-order valence-corrected chi connectivity index (χ4v) is 5.50. The van der Waals surface area contributed by atoms with E-state index in [1.165, 1.54) is 11.1 Å². The summed E-state index contributed by atoms with van der Waals surface area (Å²) in [5.41, 5.74) is 3.87. The van der Waals surface area contributed by atoms with E-state index >= 15 is 0 Å². The number of benzene rings is 2. The summed E-state index contributed by atoms with van der Waals surface area (Å²) in [5.74, 6) is 0.516. The molecule has 0 aromatic heterocycles. The highest BCUT2D eigenvalue weighted by Crippen LogP contribution is 2.44. The normalized spacial score (nSPS) is 22.1. The van der Waals surface area contributed by atoms with Gasteiger partial charge in [-0.15, -0.1) is 0 Å². The van der Waals surface area contributed by atoms with Gasteiger partial charge in [-0.05, 0) is 60.9 Å². The third-order valence-corrected chi connectivity index (χ3v) is 7.80. The molecule has 0 spiro atoms. The molecule has 0 bridgehead atoms. The van der Waals surface area contributed by atoms with Crippen molar-refractivity contribution in [1.29, 1.82) is 0 Å². The van der Waals surface area contributed by atoms with Gasteiger partial charge in [0, 0.05) is 18.6 Å². The van der Waals surface area contributed by atoms with Gasteiger partial charge >= 0.3 is 5.97 Å². The molecule has 0 saturated carbocycles. The van der Waals surface area contributed by atoms with Crippen molar-refractivity contribution >= 4 is 5.97 Å². The smallest absolute Gasteiger partial charge is 0.323 e. The van der Waals surface area contributed by atoms with Crippen LogP contribution < -0.4 is 10.1 Å². The maximum Gasteiger partial charge on any atom is 0.323 e. The van der Waals surface area contributed by atoms with Crippen LogP contribution in [0.3, 0.4) is 0 Å². The highest BCUT2D eigenvalue weighted by molar-refractivity contribution is 5.77. The van der Waals surface area contributed by atoms with E-state index in [1.54, 1.807) is 14.2 Å². The molecule has 6 heteroatoms. The Kier molecular flexibility index (Phi) is 9.66. The highest BCUT2D eigenvalue weighted by Gasteiger charge is 2.55. The first-order chi connectivity index (χ1) is 17.8. The minimum absolute atomic E-state index is 0.00966. The molecule has 0 radical (unpaired) electrons. The lowest BCUT2D eigenvalue weighted by atomic mass is 9.79. The quantitative estimate of drug-likeness (QED) is 0.366. The fraction of sp³-hybridized carbons (Fsp3) is 0.594. The first-order valence-corrected chi connectivity index (χ1v) is 13.7. The molecule has 4 atom stereocenters. The zero-order valence-corrected chi connectivity index (χ0v) is 24.9. The minimum atomic E-state index is -0.659. The molecular formula is C32H47NO5. The summed E-state index contributed by atoms with van der Waals surface area (Å²) in [6.07, 6.45) is -0.359. The molecule has 3 rings (SSSR count). The van der Waals surface area contributed by atoms with Crippen LogP contribution in [0.15, 0.2) is 42.5 Å². The van der Waals surface area contributed by atoms with Gasteiger partial charge in [0.15, 0.2) is 0 Å². The Bertz CT molecular complexity index is 1090. The Morgan fingerprint density at radius 3 is 2.29 bits per heavy atom. The van der Waals surface area contributed by atoms with Crippen LogP contribution in [0.25, 0.3) is 0 Å². The van der Waals surface area contributed by atoms with Gasteiger partial charge in [-0.25, -0.2) is 0 Å². The zero-order valence-electron chi connectivity index (χ0n) is 24.9. The van der Waals surface area contributed by atoms with Crippen LogP contribution in [0.5, 0.6) is 5.75 Å². The van der Waals surface area contributed by atoms with Crippen LogP contribution in [0.4, 0.5) is 0 Å². The number of ether oxygens (including phenoxy) is 4.